The van der Waals surface area contributed by atoms with Gasteiger partial charge in [-0.1, -0.05) is 30.3 Å². The van der Waals surface area contributed by atoms with Crippen LogP contribution in [0.25, 0.3) is 0 Å². The van der Waals surface area contributed by atoms with Gasteiger partial charge in [-0.15, -0.1) is 0 Å². The van der Waals surface area contributed by atoms with Crippen molar-refractivity contribution in [1.82, 2.24) is 10.2 Å². The highest BCUT2D eigenvalue weighted by Crippen LogP contribution is 2.23. The number of carbonyl (C=O) groups is 1. The van der Waals surface area contributed by atoms with Gasteiger partial charge in [-0.25, -0.2) is 12.8 Å². The van der Waals surface area contributed by atoms with Gasteiger partial charge in [0, 0.05) is 25.2 Å². The number of hydrogen-bond acceptors (Lipinski definition) is 6. The van der Waals surface area contributed by atoms with E-state index >= 15 is 0 Å². The molecule has 1 unspecified atom stereocenters. The van der Waals surface area contributed by atoms with Crippen LogP contribution < -0.4 is 5.32 Å². The third-order valence-corrected chi connectivity index (χ3v) is 7.28. The number of nitrogens with one attached hydrogen (secondary N) is 1. The number of rotatable bonds is 8. The van der Waals surface area contributed by atoms with Crippen LogP contribution in [0, 0.1) is 5.82 Å². The smallest absolute Gasteiger partial charge is 0.287 e. The summed E-state index contributed by atoms with van der Waals surface area (Å²) in [5.74, 6) is -1.21. The molecule has 9 heteroatoms. The van der Waals surface area contributed by atoms with Crippen molar-refractivity contribution in [2.24, 2.45) is 0 Å². The molecule has 2 heterocycles. The summed E-state index contributed by atoms with van der Waals surface area (Å²) in [7, 11) is -3.63. The van der Waals surface area contributed by atoms with Crippen LogP contribution in [0.3, 0.4) is 0 Å². The predicted octanol–water partition coefficient (Wildman–Crippen LogP) is 3.20. The normalized spacial score (nSPS) is 15.8. The van der Waals surface area contributed by atoms with Crippen LogP contribution in [-0.4, -0.2) is 52.1 Å². The fourth-order valence-electron chi connectivity index (χ4n) is 3.87. The molecule has 1 aliphatic heterocycles. The topological polar surface area (TPSA) is 88.8 Å². The van der Waals surface area contributed by atoms with Gasteiger partial charge in [0.1, 0.15) is 5.82 Å². The first-order chi connectivity index (χ1) is 15.9. The maximum Gasteiger partial charge on any atom is 0.287 e. The first kappa shape index (κ1) is 23.2. The Morgan fingerprint density at radius 2 is 1.73 bits per heavy atom. The summed E-state index contributed by atoms with van der Waals surface area (Å²) in [6.45, 7) is 2.76. The van der Waals surface area contributed by atoms with Crippen molar-refractivity contribution in [3.63, 3.8) is 0 Å². The molecule has 0 aliphatic carbocycles. The second kappa shape index (κ2) is 10.3. The lowest BCUT2D eigenvalue weighted by Gasteiger charge is -2.34. The van der Waals surface area contributed by atoms with Crippen molar-refractivity contribution >= 4 is 15.7 Å². The minimum atomic E-state index is -3.63. The van der Waals surface area contributed by atoms with E-state index in [1.165, 1.54) is 36.6 Å². The van der Waals surface area contributed by atoms with Gasteiger partial charge >= 0.3 is 0 Å². The third-order valence-electron chi connectivity index (χ3n) is 5.60. The average molecular weight is 473 g/mol. The largest absolute Gasteiger partial charge is 0.459 e. The Hall–Kier alpha value is -3.01. The summed E-state index contributed by atoms with van der Waals surface area (Å²) >= 11 is 0. The van der Waals surface area contributed by atoms with Crippen LogP contribution in [0.15, 0.2) is 76.2 Å². The highest BCUT2D eigenvalue weighted by molar-refractivity contribution is 7.90. The monoisotopic (exact) mass is 472 g/mol. The second-order valence-corrected chi connectivity index (χ2v) is 9.76. The summed E-state index contributed by atoms with van der Waals surface area (Å²) in [4.78, 5) is 15.3. The summed E-state index contributed by atoms with van der Waals surface area (Å²) in [5.41, 5.74) is 1.16. The number of sulfone groups is 1. The van der Waals surface area contributed by atoms with E-state index in [4.69, 9.17) is 9.15 Å². The lowest BCUT2D eigenvalue weighted by atomic mass is 10.0. The fourth-order valence-corrected chi connectivity index (χ4v) is 5.24. The van der Waals surface area contributed by atoms with Crippen LogP contribution in [0.1, 0.15) is 27.7 Å². The molecule has 174 valence electrons. The Bertz CT molecular complexity index is 1170. The van der Waals surface area contributed by atoms with Crippen LogP contribution in [0.4, 0.5) is 4.39 Å². The van der Waals surface area contributed by atoms with Gasteiger partial charge in [0.15, 0.2) is 15.6 Å². The van der Waals surface area contributed by atoms with Crippen LogP contribution in [-0.2, 0) is 20.3 Å². The van der Waals surface area contributed by atoms with Gasteiger partial charge in [-0.2, -0.15) is 0 Å². The van der Waals surface area contributed by atoms with Gasteiger partial charge < -0.3 is 14.5 Å². The molecule has 1 atom stereocenters. The molecule has 0 bridgehead atoms. The van der Waals surface area contributed by atoms with E-state index in [9.17, 15) is 17.6 Å². The molecule has 0 saturated carbocycles. The van der Waals surface area contributed by atoms with Crippen molar-refractivity contribution in [3.05, 3.63) is 89.6 Å². The van der Waals surface area contributed by atoms with Gasteiger partial charge in [-0.3, -0.25) is 9.69 Å². The maximum atomic E-state index is 13.4. The summed E-state index contributed by atoms with van der Waals surface area (Å²) < 4.78 is 49.7. The van der Waals surface area contributed by atoms with E-state index in [0.29, 0.717) is 31.9 Å². The molecule has 1 aliphatic rings. The molecule has 4 rings (SSSR count). The third kappa shape index (κ3) is 5.68. The molecule has 1 N–H and O–H groups in total. The van der Waals surface area contributed by atoms with Gasteiger partial charge in [0.05, 0.1) is 36.2 Å². The summed E-state index contributed by atoms with van der Waals surface area (Å²) in [5, 5.41) is 2.86. The van der Waals surface area contributed by atoms with Crippen LogP contribution >= 0.6 is 0 Å². The molecule has 0 spiro atoms. The zero-order valence-electron chi connectivity index (χ0n) is 17.9. The minimum Gasteiger partial charge on any atom is -0.459 e. The number of hydrogen-bond donors (Lipinski definition) is 1. The maximum absolute atomic E-state index is 13.4. The van der Waals surface area contributed by atoms with Crippen molar-refractivity contribution in [2.45, 2.75) is 16.7 Å². The van der Waals surface area contributed by atoms with E-state index in [0.717, 1.165) is 5.56 Å². The molecule has 1 fully saturated rings. The zero-order chi connectivity index (χ0) is 23.3. The zero-order valence-corrected chi connectivity index (χ0v) is 18.8. The number of furan rings is 1. The van der Waals surface area contributed by atoms with E-state index in [1.807, 2.05) is 0 Å². The Kier molecular flexibility index (Phi) is 7.22. The molecule has 0 radical (unpaired) electrons. The lowest BCUT2D eigenvalue weighted by molar-refractivity contribution is 0.0161. The van der Waals surface area contributed by atoms with E-state index < -0.39 is 15.7 Å². The average Bonchev–Trinajstić information content (AvgIpc) is 3.29. The SMILES string of the molecule is O=C(NCC(c1ccc(F)cc1)N1CCOCC1)c1occc1CS(=O)(=O)c1ccccc1. The molecule has 33 heavy (non-hydrogen) atoms. The number of carbonyl (C=O) groups excluding carboxylic acids is 1. The fraction of sp³-hybridized carbons (Fsp3) is 0.292. The number of halogens is 1. The molecule has 7 nitrogen and oxygen atoms in total. The van der Waals surface area contributed by atoms with Crippen molar-refractivity contribution in [1.29, 1.82) is 0 Å². The second-order valence-electron chi connectivity index (χ2n) is 7.77. The first-order valence-electron chi connectivity index (χ1n) is 10.6. The summed E-state index contributed by atoms with van der Waals surface area (Å²) in [6.07, 6.45) is 1.31. The molecule has 1 aromatic heterocycles. The van der Waals surface area contributed by atoms with Crippen LogP contribution in [0.2, 0.25) is 0 Å². The van der Waals surface area contributed by atoms with E-state index in [2.05, 4.69) is 10.2 Å². The lowest BCUT2D eigenvalue weighted by Crippen LogP contribution is -2.43. The number of ether oxygens (including phenoxy) is 1. The number of nitrogens with zero attached hydrogens (tertiary/aromatic N) is 1. The molecular weight excluding hydrogens is 447 g/mol. The van der Waals surface area contributed by atoms with E-state index in [1.54, 1.807) is 30.3 Å². The highest BCUT2D eigenvalue weighted by Gasteiger charge is 2.26. The van der Waals surface area contributed by atoms with E-state index in [-0.39, 0.29) is 34.8 Å². The molecular formula is C24H25FN2O5S. The quantitative estimate of drug-likeness (QED) is 0.542. The van der Waals surface area contributed by atoms with Crippen molar-refractivity contribution < 1.29 is 26.8 Å². The number of benzene rings is 2. The Balaban J connectivity index is 1.48. The predicted molar refractivity (Wildman–Crippen MR) is 120 cm³/mol. The minimum absolute atomic E-state index is 0.0330. The Labute approximate surface area is 192 Å². The Morgan fingerprint density at radius 1 is 1.03 bits per heavy atom. The van der Waals surface area contributed by atoms with Crippen LogP contribution in [0.5, 0.6) is 0 Å². The molecule has 1 saturated heterocycles. The van der Waals surface area contributed by atoms with Crippen molar-refractivity contribution in [3.8, 4) is 0 Å². The number of morpholine rings is 1. The Morgan fingerprint density at radius 3 is 2.42 bits per heavy atom. The van der Waals surface area contributed by atoms with Crippen molar-refractivity contribution in [2.75, 3.05) is 32.8 Å². The number of amides is 1. The standard InChI is InChI=1S/C24H25FN2O5S/c25-20-8-6-18(7-9-20)22(27-11-14-31-15-12-27)16-26-24(28)23-19(10-13-32-23)17-33(29,30)21-4-2-1-3-5-21/h1-10,13,22H,11-12,14-17H2,(H,26,28). The van der Waals surface area contributed by atoms with Gasteiger partial charge in [0.2, 0.25) is 0 Å². The van der Waals surface area contributed by atoms with Gasteiger partial charge in [-0.05, 0) is 35.9 Å². The summed E-state index contributed by atoms with van der Waals surface area (Å²) in [6, 6.07) is 15.6. The molecule has 1 amide bonds. The highest BCUT2D eigenvalue weighted by atomic mass is 32.2. The molecule has 2 aromatic carbocycles. The molecule has 3 aromatic rings. The van der Waals surface area contributed by atoms with Gasteiger partial charge in [0.25, 0.3) is 5.91 Å². The first-order valence-corrected chi connectivity index (χ1v) is 12.3.